The molecule has 6 nitrogen and oxygen atoms in total. The smallest absolute Gasteiger partial charge is 0.340 e. The highest BCUT2D eigenvalue weighted by molar-refractivity contribution is 6.05. The van der Waals surface area contributed by atoms with Gasteiger partial charge in [-0.15, -0.1) is 0 Å². The number of hydrogen-bond acceptors (Lipinski definition) is 5. The summed E-state index contributed by atoms with van der Waals surface area (Å²) in [5.74, 6) is -4.68. The zero-order valence-corrected chi connectivity index (χ0v) is 12.6. The molecule has 2 heterocycles. The number of carbonyl (C=O) groups excluding carboxylic acids is 1. The molecular formula is C14H13F4N3O3. The predicted molar refractivity (Wildman–Crippen MR) is 74.6 cm³/mol. The number of halogens is 4. The van der Waals surface area contributed by atoms with Gasteiger partial charge in [-0.3, -0.25) is 4.79 Å². The van der Waals surface area contributed by atoms with Gasteiger partial charge in [0.15, 0.2) is 6.61 Å². The fourth-order valence-corrected chi connectivity index (χ4v) is 1.77. The first-order valence-electron chi connectivity index (χ1n) is 6.70. The third-order valence-corrected chi connectivity index (χ3v) is 2.99. The van der Waals surface area contributed by atoms with Crippen LogP contribution in [0.3, 0.4) is 0 Å². The van der Waals surface area contributed by atoms with Gasteiger partial charge in [0, 0.05) is 6.07 Å². The molecule has 10 heteroatoms. The number of alkyl halides is 4. The van der Waals surface area contributed by atoms with E-state index >= 15 is 0 Å². The molecule has 0 saturated heterocycles. The lowest BCUT2D eigenvalue weighted by atomic mass is 10.2. The van der Waals surface area contributed by atoms with Gasteiger partial charge in [-0.05, 0) is 19.9 Å². The van der Waals surface area contributed by atoms with Crippen LogP contribution >= 0.6 is 0 Å². The van der Waals surface area contributed by atoms with Crippen molar-refractivity contribution in [3.8, 4) is 5.88 Å². The summed E-state index contributed by atoms with van der Waals surface area (Å²) in [6.07, 6.45) is -2.68. The quantitative estimate of drug-likeness (QED) is 0.812. The Kier molecular flexibility index (Phi) is 5.05. The number of anilines is 1. The summed E-state index contributed by atoms with van der Waals surface area (Å²) in [6.45, 7) is 1.68. The minimum absolute atomic E-state index is 0.257. The van der Waals surface area contributed by atoms with Gasteiger partial charge in [-0.2, -0.15) is 8.78 Å². The van der Waals surface area contributed by atoms with Crippen molar-refractivity contribution in [3.05, 3.63) is 35.3 Å². The average molecular weight is 347 g/mol. The number of amides is 1. The summed E-state index contributed by atoms with van der Waals surface area (Å²) in [4.78, 5) is 15.7. The number of aryl methyl sites for hydroxylation is 2. The largest absolute Gasteiger partial charge is 0.471 e. The molecule has 0 aliphatic heterocycles. The van der Waals surface area contributed by atoms with Gasteiger partial charge in [-0.1, -0.05) is 5.16 Å². The van der Waals surface area contributed by atoms with Crippen LogP contribution in [-0.4, -0.2) is 35.0 Å². The van der Waals surface area contributed by atoms with Crippen LogP contribution in [0.15, 0.2) is 22.9 Å². The first-order chi connectivity index (χ1) is 11.2. The van der Waals surface area contributed by atoms with Crippen molar-refractivity contribution in [3.63, 3.8) is 0 Å². The molecule has 0 aromatic carbocycles. The maximum absolute atomic E-state index is 12.7. The molecule has 2 aromatic rings. The third-order valence-electron chi connectivity index (χ3n) is 2.99. The van der Waals surface area contributed by atoms with Crippen LogP contribution < -0.4 is 10.1 Å². The number of carbonyl (C=O) groups is 1. The zero-order chi connectivity index (χ0) is 17.9. The molecule has 1 N–H and O–H groups in total. The Morgan fingerprint density at radius 1 is 1.38 bits per heavy atom. The molecule has 0 spiro atoms. The molecule has 2 rings (SSSR count). The van der Waals surface area contributed by atoms with E-state index in [4.69, 9.17) is 4.52 Å². The fraction of sp³-hybridized carbons (Fsp3) is 0.357. The van der Waals surface area contributed by atoms with E-state index in [0.29, 0.717) is 11.5 Å². The summed E-state index contributed by atoms with van der Waals surface area (Å²) in [7, 11) is 0. The summed E-state index contributed by atoms with van der Waals surface area (Å²) in [5.41, 5.74) is 0.937. The second kappa shape index (κ2) is 6.85. The lowest BCUT2D eigenvalue weighted by Gasteiger charge is -2.15. The zero-order valence-electron chi connectivity index (χ0n) is 12.6. The normalized spacial score (nSPS) is 11.6. The van der Waals surface area contributed by atoms with Crippen molar-refractivity contribution in [2.24, 2.45) is 0 Å². The van der Waals surface area contributed by atoms with E-state index in [1.807, 2.05) is 0 Å². The second-order valence-electron chi connectivity index (χ2n) is 4.89. The standard InChI is InChI=1S/C14H13F4N3O3/c1-7-11(8(2)24-21-7)12(22)20-9-3-4-10(19-5-9)23-6-14(17,18)13(15)16/h3-5,13H,6H2,1-2H3,(H,20,22). The lowest BCUT2D eigenvalue weighted by Crippen LogP contribution is -2.33. The minimum Gasteiger partial charge on any atom is -0.471 e. The van der Waals surface area contributed by atoms with E-state index in [2.05, 4.69) is 20.2 Å². The Bertz CT molecular complexity index is 697. The van der Waals surface area contributed by atoms with Crippen LogP contribution in [0.25, 0.3) is 0 Å². The Morgan fingerprint density at radius 3 is 2.58 bits per heavy atom. The summed E-state index contributed by atoms with van der Waals surface area (Å²) < 4.78 is 58.9. The molecule has 0 radical (unpaired) electrons. The van der Waals surface area contributed by atoms with Gasteiger partial charge in [0.2, 0.25) is 5.88 Å². The topological polar surface area (TPSA) is 77.2 Å². The first kappa shape index (κ1) is 17.7. The molecule has 0 saturated carbocycles. The van der Waals surface area contributed by atoms with Crippen molar-refractivity contribution < 1.29 is 31.6 Å². The maximum Gasteiger partial charge on any atom is 0.340 e. The molecule has 0 bridgehead atoms. The van der Waals surface area contributed by atoms with Crippen LogP contribution in [0.4, 0.5) is 23.2 Å². The van der Waals surface area contributed by atoms with Gasteiger partial charge in [0.05, 0.1) is 17.6 Å². The number of nitrogens with zero attached hydrogens (tertiary/aromatic N) is 2. The number of hydrogen-bond donors (Lipinski definition) is 1. The van der Waals surface area contributed by atoms with Crippen LogP contribution in [0.5, 0.6) is 5.88 Å². The van der Waals surface area contributed by atoms with E-state index in [0.717, 1.165) is 6.20 Å². The number of pyridine rings is 1. The molecule has 2 aromatic heterocycles. The van der Waals surface area contributed by atoms with Crippen LogP contribution in [0, 0.1) is 13.8 Å². The molecule has 0 unspecified atom stereocenters. The fourth-order valence-electron chi connectivity index (χ4n) is 1.77. The number of rotatable bonds is 6. The molecule has 0 atom stereocenters. The Balaban J connectivity index is 1.99. The van der Waals surface area contributed by atoms with Gasteiger partial charge < -0.3 is 14.6 Å². The molecular weight excluding hydrogens is 334 g/mol. The van der Waals surface area contributed by atoms with Gasteiger partial charge in [0.25, 0.3) is 5.91 Å². The van der Waals surface area contributed by atoms with E-state index < -0.39 is 24.9 Å². The predicted octanol–water partition coefficient (Wildman–Crippen LogP) is 3.22. The van der Waals surface area contributed by atoms with E-state index in [1.165, 1.54) is 12.1 Å². The highest BCUT2D eigenvalue weighted by Crippen LogP contribution is 2.24. The van der Waals surface area contributed by atoms with Gasteiger partial charge in [-0.25, -0.2) is 13.8 Å². The molecule has 24 heavy (non-hydrogen) atoms. The maximum atomic E-state index is 12.7. The molecule has 0 aliphatic carbocycles. The Labute approximate surface area is 133 Å². The van der Waals surface area contributed by atoms with Crippen molar-refractivity contribution in [1.82, 2.24) is 10.1 Å². The van der Waals surface area contributed by atoms with Crippen LogP contribution in [0.2, 0.25) is 0 Å². The second-order valence-corrected chi connectivity index (χ2v) is 4.89. The number of ether oxygens (including phenoxy) is 1. The summed E-state index contributed by atoms with van der Waals surface area (Å²) in [5, 5.41) is 6.17. The molecule has 0 aliphatic rings. The van der Waals surface area contributed by atoms with Crippen molar-refractivity contribution in [2.45, 2.75) is 26.2 Å². The highest BCUT2D eigenvalue weighted by Gasteiger charge is 2.41. The van der Waals surface area contributed by atoms with Crippen molar-refractivity contribution in [2.75, 3.05) is 11.9 Å². The van der Waals surface area contributed by atoms with Crippen LogP contribution in [-0.2, 0) is 0 Å². The van der Waals surface area contributed by atoms with E-state index in [1.54, 1.807) is 13.8 Å². The SMILES string of the molecule is Cc1noc(C)c1C(=O)Nc1ccc(OCC(F)(F)C(F)F)nc1. The van der Waals surface area contributed by atoms with Crippen LogP contribution in [0.1, 0.15) is 21.8 Å². The van der Waals surface area contributed by atoms with Gasteiger partial charge in [0.1, 0.15) is 11.3 Å². The molecule has 0 fully saturated rings. The van der Waals surface area contributed by atoms with Crippen molar-refractivity contribution in [1.29, 1.82) is 0 Å². The monoisotopic (exact) mass is 347 g/mol. The van der Waals surface area contributed by atoms with E-state index in [9.17, 15) is 22.4 Å². The number of nitrogens with one attached hydrogen (secondary N) is 1. The summed E-state index contributed by atoms with van der Waals surface area (Å²) in [6, 6.07) is 2.50. The molecule has 1 amide bonds. The Hall–Kier alpha value is -2.65. The first-order valence-corrected chi connectivity index (χ1v) is 6.70. The van der Waals surface area contributed by atoms with Crippen molar-refractivity contribution >= 4 is 11.6 Å². The average Bonchev–Trinajstić information content (AvgIpc) is 2.85. The van der Waals surface area contributed by atoms with Gasteiger partial charge >= 0.3 is 12.3 Å². The third kappa shape index (κ3) is 4.00. The highest BCUT2D eigenvalue weighted by atomic mass is 19.3. The molecule has 130 valence electrons. The van der Waals surface area contributed by atoms with E-state index in [-0.39, 0.29) is 17.1 Å². The number of aromatic nitrogens is 2. The summed E-state index contributed by atoms with van der Waals surface area (Å²) >= 11 is 0. The minimum atomic E-state index is -4.27. The lowest BCUT2D eigenvalue weighted by molar-refractivity contribution is -0.148. The Morgan fingerprint density at radius 2 is 2.08 bits per heavy atom.